The fourth-order valence-corrected chi connectivity index (χ4v) is 13.7. The molecule has 0 radical (unpaired) electrons. The quantitative estimate of drug-likeness (QED) is 0.126. The SMILES string of the molecule is Cc1cc(C)c(-c2ccc(N(c3cccc(-c4c(C)cc(C)cc4C)c3)c3ccc4ccc5c(N(c6ccc(-c7c(C)cc(C)cc7C)cc6)c6cccc(-c7c(C)cc(C)cc7C)c6)ccc6ccc3c4c65)cc2)c(C)c1. The lowest BCUT2D eigenvalue weighted by atomic mass is 9.91. The van der Waals surface area contributed by atoms with Gasteiger partial charge >= 0.3 is 0 Å². The molecule has 0 aliphatic carbocycles. The highest BCUT2D eigenvalue weighted by Gasteiger charge is 2.24. The Labute approximate surface area is 462 Å². The van der Waals surface area contributed by atoms with Gasteiger partial charge in [-0.2, -0.15) is 0 Å². The van der Waals surface area contributed by atoms with Gasteiger partial charge in [0.15, 0.2) is 0 Å². The summed E-state index contributed by atoms with van der Waals surface area (Å²) in [7, 11) is 0. The number of benzene rings is 12. The van der Waals surface area contributed by atoms with Crippen molar-refractivity contribution < 1.29 is 0 Å². The topological polar surface area (TPSA) is 6.48 Å². The third kappa shape index (κ3) is 8.80. The molecule has 0 saturated carbocycles. The molecule has 78 heavy (non-hydrogen) atoms. The molecule has 0 aliphatic rings. The van der Waals surface area contributed by atoms with Gasteiger partial charge in [-0.05, 0) is 254 Å². The standard InChI is InChI=1S/C76H68N2/c1-45-35-49(5)71(50(6)36-45)57-19-27-63(28-20-57)77(65-17-13-15-61(43-65)73-53(9)39-47(3)40-54(73)10)69-33-25-59-24-32-68-70(34-26-60-23-31-67(69)75(59)76(60)68)78(64-29-21-58(22-30-64)72-51(7)37-46(2)38-52(72)8)66-18-14-16-62(44-66)74-55(11)41-48(4)42-56(74)12/h13-44H,1-12H3. The average Bonchev–Trinajstić information content (AvgIpc) is 3.52. The molecule has 2 heteroatoms. The van der Waals surface area contributed by atoms with Crippen molar-refractivity contribution in [3.8, 4) is 44.5 Å². The van der Waals surface area contributed by atoms with Gasteiger partial charge in [0, 0.05) is 33.5 Å². The summed E-state index contributed by atoms with van der Waals surface area (Å²) >= 11 is 0. The van der Waals surface area contributed by atoms with Crippen molar-refractivity contribution in [3.63, 3.8) is 0 Å². The van der Waals surface area contributed by atoms with E-state index in [0.29, 0.717) is 0 Å². The molecule has 12 aromatic carbocycles. The molecule has 0 aliphatic heterocycles. The van der Waals surface area contributed by atoms with Crippen LogP contribution in [0, 0.1) is 83.1 Å². The Morgan fingerprint density at radius 3 is 0.821 bits per heavy atom. The largest absolute Gasteiger partial charge is 0.310 e. The van der Waals surface area contributed by atoms with Crippen molar-refractivity contribution in [1.82, 2.24) is 0 Å². The number of rotatable bonds is 10. The van der Waals surface area contributed by atoms with Crippen LogP contribution >= 0.6 is 0 Å². The Morgan fingerprint density at radius 2 is 0.513 bits per heavy atom. The van der Waals surface area contributed by atoms with Crippen molar-refractivity contribution in [1.29, 1.82) is 0 Å². The van der Waals surface area contributed by atoms with E-state index < -0.39 is 0 Å². The number of hydrogen-bond acceptors (Lipinski definition) is 2. The Balaban J connectivity index is 1.07. The summed E-state index contributed by atoms with van der Waals surface area (Å²) in [5.41, 5.74) is 32.3. The van der Waals surface area contributed by atoms with Gasteiger partial charge in [-0.25, -0.2) is 0 Å². The van der Waals surface area contributed by atoms with Gasteiger partial charge < -0.3 is 9.80 Å². The smallest absolute Gasteiger partial charge is 0.0540 e. The second-order valence-corrected chi connectivity index (χ2v) is 22.6. The molecule has 0 amide bonds. The third-order valence-electron chi connectivity index (χ3n) is 16.4. The van der Waals surface area contributed by atoms with Gasteiger partial charge in [-0.3, -0.25) is 0 Å². The summed E-state index contributed by atoms with van der Waals surface area (Å²) in [6.07, 6.45) is 0. The number of nitrogens with zero attached hydrogens (tertiary/aromatic N) is 2. The minimum atomic E-state index is 1.11. The van der Waals surface area contributed by atoms with Crippen molar-refractivity contribution in [2.45, 2.75) is 83.1 Å². The Kier molecular flexibility index (Phi) is 12.7. The van der Waals surface area contributed by atoms with E-state index in [9.17, 15) is 0 Å². The molecular formula is C76H68N2. The number of aryl methyl sites for hydroxylation is 12. The van der Waals surface area contributed by atoms with Crippen LogP contribution in [-0.4, -0.2) is 0 Å². The lowest BCUT2D eigenvalue weighted by Gasteiger charge is -2.30. The molecule has 0 spiro atoms. The van der Waals surface area contributed by atoms with Crippen molar-refractivity contribution in [2.24, 2.45) is 0 Å². The first-order valence-corrected chi connectivity index (χ1v) is 27.6. The molecular weight excluding hydrogens is 941 g/mol. The minimum absolute atomic E-state index is 1.11. The zero-order chi connectivity index (χ0) is 54.3. The fourth-order valence-electron chi connectivity index (χ4n) is 13.7. The monoisotopic (exact) mass is 1010 g/mol. The van der Waals surface area contributed by atoms with Crippen LogP contribution in [0.2, 0.25) is 0 Å². The lowest BCUT2D eigenvalue weighted by Crippen LogP contribution is -2.12. The minimum Gasteiger partial charge on any atom is -0.310 e. The third-order valence-corrected chi connectivity index (χ3v) is 16.4. The summed E-state index contributed by atoms with van der Waals surface area (Å²) in [5.74, 6) is 0. The van der Waals surface area contributed by atoms with Crippen LogP contribution in [-0.2, 0) is 0 Å². The zero-order valence-corrected chi connectivity index (χ0v) is 47.4. The molecule has 0 atom stereocenters. The van der Waals surface area contributed by atoms with Crippen molar-refractivity contribution in [3.05, 3.63) is 261 Å². The molecule has 382 valence electrons. The van der Waals surface area contributed by atoms with Crippen LogP contribution in [0.5, 0.6) is 0 Å². The van der Waals surface area contributed by atoms with Crippen molar-refractivity contribution in [2.75, 3.05) is 9.80 Å². The summed E-state index contributed by atoms with van der Waals surface area (Å²) in [4.78, 5) is 4.97. The molecule has 2 nitrogen and oxygen atoms in total. The van der Waals surface area contributed by atoms with E-state index in [4.69, 9.17) is 0 Å². The number of hydrogen-bond donors (Lipinski definition) is 0. The van der Waals surface area contributed by atoms with Gasteiger partial charge in [-0.15, -0.1) is 0 Å². The highest BCUT2D eigenvalue weighted by Crippen LogP contribution is 2.49. The molecule has 12 rings (SSSR count). The van der Waals surface area contributed by atoms with E-state index in [2.05, 4.69) is 287 Å². The van der Waals surface area contributed by atoms with Crippen LogP contribution in [0.25, 0.3) is 76.8 Å². The molecule has 0 heterocycles. The lowest BCUT2D eigenvalue weighted by molar-refractivity contribution is 1.28. The van der Waals surface area contributed by atoms with E-state index in [1.54, 1.807) is 0 Å². The van der Waals surface area contributed by atoms with E-state index in [1.807, 2.05) is 0 Å². The van der Waals surface area contributed by atoms with Gasteiger partial charge in [-0.1, -0.05) is 156 Å². The molecule has 0 saturated heterocycles. The first kappa shape index (κ1) is 50.1. The maximum atomic E-state index is 2.49. The maximum absolute atomic E-state index is 2.49. The highest BCUT2D eigenvalue weighted by atomic mass is 15.1. The fraction of sp³-hybridized carbons (Fsp3) is 0.158. The predicted molar refractivity (Wildman–Crippen MR) is 338 cm³/mol. The van der Waals surface area contributed by atoms with Crippen LogP contribution in [0.1, 0.15) is 66.8 Å². The molecule has 0 N–H and O–H groups in total. The Hall–Kier alpha value is -8.72. The molecule has 12 aromatic rings. The van der Waals surface area contributed by atoms with E-state index in [-0.39, 0.29) is 0 Å². The summed E-state index contributed by atoms with van der Waals surface area (Å²) in [6, 6.07) is 74.0. The Bertz CT molecular complexity index is 3950. The molecule has 0 aromatic heterocycles. The van der Waals surface area contributed by atoms with Gasteiger partial charge in [0.25, 0.3) is 0 Å². The molecule has 0 bridgehead atoms. The van der Waals surface area contributed by atoms with Crippen molar-refractivity contribution >= 4 is 66.4 Å². The van der Waals surface area contributed by atoms with Gasteiger partial charge in [0.1, 0.15) is 0 Å². The first-order valence-electron chi connectivity index (χ1n) is 27.6. The maximum Gasteiger partial charge on any atom is 0.0540 e. The van der Waals surface area contributed by atoms with Crippen LogP contribution < -0.4 is 9.80 Å². The zero-order valence-electron chi connectivity index (χ0n) is 47.4. The van der Waals surface area contributed by atoms with E-state index in [1.165, 1.54) is 144 Å². The van der Waals surface area contributed by atoms with Crippen LogP contribution in [0.3, 0.4) is 0 Å². The summed E-state index contributed by atoms with van der Waals surface area (Å²) in [6.45, 7) is 26.7. The summed E-state index contributed by atoms with van der Waals surface area (Å²) < 4.78 is 0. The number of anilines is 6. The van der Waals surface area contributed by atoms with Gasteiger partial charge in [0.05, 0.1) is 11.4 Å². The van der Waals surface area contributed by atoms with E-state index >= 15 is 0 Å². The first-order chi connectivity index (χ1) is 37.6. The van der Waals surface area contributed by atoms with Crippen LogP contribution in [0.15, 0.2) is 194 Å². The second-order valence-electron chi connectivity index (χ2n) is 22.6. The normalized spacial score (nSPS) is 11.6. The second kappa shape index (κ2) is 19.7. The average molecular weight is 1010 g/mol. The highest BCUT2D eigenvalue weighted by molar-refractivity contribution is 6.28. The van der Waals surface area contributed by atoms with Gasteiger partial charge in [0.2, 0.25) is 0 Å². The molecule has 0 fully saturated rings. The van der Waals surface area contributed by atoms with Crippen LogP contribution in [0.4, 0.5) is 34.1 Å². The molecule has 0 unspecified atom stereocenters. The predicted octanol–water partition coefficient (Wildman–Crippen LogP) is 21.9. The Morgan fingerprint density at radius 1 is 0.231 bits per heavy atom. The van der Waals surface area contributed by atoms with E-state index in [0.717, 1.165) is 34.1 Å². The summed E-state index contributed by atoms with van der Waals surface area (Å²) in [5, 5.41) is 7.37.